The molecule has 112 valence electrons. The van der Waals surface area contributed by atoms with Gasteiger partial charge in [-0.15, -0.1) is 0 Å². The van der Waals surface area contributed by atoms with E-state index in [1.165, 1.54) is 12.1 Å². The molecule has 4 nitrogen and oxygen atoms in total. The second-order valence-corrected chi connectivity index (χ2v) is 6.26. The predicted molar refractivity (Wildman–Crippen MR) is 79.0 cm³/mol. The third kappa shape index (κ3) is 3.06. The Bertz CT molecular complexity index is 717. The van der Waals surface area contributed by atoms with Gasteiger partial charge in [0.05, 0.1) is 12.3 Å². The summed E-state index contributed by atoms with van der Waals surface area (Å²) in [6.07, 6.45) is 0. The molecule has 2 rings (SSSR count). The fourth-order valence-electron chi connectivity index (χ4n) is 2.06. The van der Waals surface area contributed by atoms with Gasteiger partial charge >= 0.3 is 0 Å². The molecule has 0 unspecified atom stereocenters. The topological polar surface area (TPSA) is 57.6 Å². The predicted octanol–water partition coefficient (Wildman–Crippen LogP) is 2.53. The molecule has 0 amide bonds. The van der Waals surface area contributed by atoms with E-state index in [4.69, 9.17) is 5.11 Å². The molecule has 0 aliphatic heterocycles. The van der Waals surface area contributed by atoms with E-state index in [1.54, 1.807) is 37.3 Å². The van der Waals surface area contributed by atoms with Crippen LogP contribution in [0, 0.1) is 5.82 Å². The zero-order chi connectivity index (χ0) is 15.5. The molecule has 0 heterocycles. The molecular weight excluding hydrogens is 293 g/mol. The number of sulfonamides is 1. The molecule has 21 heavy (non-hydrogen) atoms. The fourth-order valence-corrected chi connectivity index (χ4v) is 3.58. The lowest BCUT2D eigenvalue weighted by molar-refractivity contribution is 0.281. The largest absolute Gasteiger partial charge is 0.392 e. The molecule has 0 aliphatic carbocycles. The molecule has 0 atom stereocenters. The smallest absolute Gasteiger partial charge is 0.267 e. The van der Waals surface area contributed by atoms with Crippen LogP contribution in [-0.2, 0) is 16.6 Å². The molecule has 2 aromatic carbocycles. The lowest BCUT2D eigenvalue weighted by Crippen LogP contribution is -2.31. The first-order valence-electron chi connectivity index (χ1n) is 6.47. The van der Waals surface area contributed by atoms with E-state index < -0.39 is 20.7 Å². The second-order valence-electron chi connectivity index (χ2n) is 4.43. The van der Waals surface area contributed by atoms with Crippen molar-refractivity contribution in [1.29, 1.82) is 0 Å². The third-order valence-electron chi connectivity index (χ3n) is 3.08. The summed E-state index contributed by atoms with van der Waals surface area (Å²) >= 11 is 0. The van der Waals surface area contributed by atoms with Crippen LogP contribution in [0.15, 0.2) is 53.4 Å². The zero-order valence-electron chi connectivity index (χ0n) is 11.5. The standard InChI is InChI=1S/C15H16FNO3S/c1-2-17(13-6-4-3-5-7-13)21(19,20)15-9-8-12(11-18)10-14(15)16/h3-10,18H,2,11H2,1H3. The van der Waals surface area contributed by atoms with Crippen molar-refractivity contribution < 1.29 is 17.9 Å². The number of para-hydroxylation sites is 1. The van der Waals surface area contributed by atoms with Gasteiger partial charge in [0, 0.05) is 6.54 Å². The molecule has 0 saturated heterocycles. The number of nitrogens with zero attached hydrogens (tertiary/aromatic N) is 1. The first-order valence-corrected chi connectivity index (χ1v) is 7.91. The van der Waals surface area contributed by atoms with Crippen LogP contribution in [0.4, 0.5) is 10.1 Å². The Balaban J connectivity index is 2.50. The minimum absolute atomic E-state index is 0.188. The number of aliphatic hydroxyl groups is 1. The van der Waals surface area contributed by atoms with Gasteiger partial charge < -0.3 is 5.11 Å². The van der Waals surface area contributed by atoms with Crippen LogP contribution in [0.2, 0.25) is 0 Å². The quantitative estimate of drug-likeness (QED) is 0.923. The Morgan fingerprint density at radius 2 is 1.81 bits per heavy atom. The monoisotopic (exact) mass is 309 g/mol. The van der Waals surface area contributed by atoms with Crippen LogP contribution in [0.25, 0.3) is 0 Å². The molecule has 0 saturated carbocycles. The van der Waals surface area contributed by atoms with Crippen LogP contribution in [0.1, 0.15) is 12.5 Å². The molecule has 0 aromatic heterocycles. The van der Waals surface area contributed by atoms with Crippen LogP contribution in [0.3, 0.4) is 0 Å². The molecule has 0 radical (unpaired) electrons. The Morgan fingerprint density at radius 3 is 2.33 bits per heavy atom. The van der Waals surface area contributed by atoms with Gasteiger partial charge in [0.2, 0.25) is 0 Å². The average molecular weight is 309 g/mol. The van der Waals surface area contributed by atoms with Crippen LogP contribution >= 0.6 is 0 Å². The second kappa shape index (κ2) is 6.24. The summed E-state index contributed by atoms with van der Waals surface area (Å²) in [5.41, 5.74) is 0.805. The van der Waals surface area contributed by atoms with Crippen LogP contribution in [0.5, 0.6) is 0 Å². The Hall–Kier alpha value is -1.92. The van der Waals surface area contributed by atoms with Crippen molar-refractivity contribution in [3.8, 4) is 0 Å². The maximum absolute atomic E-state index is 14.0. The van der Waals surface area contributed by atoms with Crippen molar-refractivity contribution in [2.24, 2.45) is 0 Å². The maximum Gasteiger partial charge on any atom is 0.267 e. The fraction of sp³-hybridized carbons (Fsp3) is 0.200. The van der Waals surface area contributed by atoms with Gasteiger partial charge in [0.25, 0.3) is 10.0 Å². The molecule has 0 fully saturated rings. The minimum atomic E-state index is -3.98. The van der Waals surface area contributed by atoms with Gasteiger partial charge in [-0.05, 0) is 36.8 Å². The summed E-state index contributed by atoms with van der Waals surface area (Å²) in [5.74, 6) is -0.865. The van der Waals surface area contributed by atoms with Crippen molar-refractivity contribution >= 4 is 15.7 Å². The Labute approximate surface area is 123 Å². The van der Waals surface area contributed by atoms with Gasteiger partial charge in [0.15, 0.2) is 0 Å². The summed E-state index contributed by atoms with van der Waals surface area (Å²) in [6, 6.07) is 12.1. The first-order chi connectivity index (χ1) is 10.0. The highest BCUT2D eigenvalue weighted by atomic mass is 32.2. The van der Waals surface area contributed by atoms with E-state index >= 15 is 0 Å². The third-order valence-corrected chi connectivity index (χ3v) is 5.01. The molecule has 6 heteroatoms. The molecule has 2 aromatic rings. The van der Waals surface area contributed by atoms with Gasteiger partial charge in [-0.2, -0.15) is 0 Å². The number of benzene rings is 2. The van der Waals surface area contributed by atoms with Crippen LogP contribution in [-0.4, -0.2) is 20.1 Å². The van der Waals surface area contributed by atoms with Gasteiger partial charge in [-0.1, -0.05) is 24.3 Å². The summed E-state index contributed by atoms with van der Waals surface area (Å²) in [5, 5.41) is 8.96. The van der Waals surface area contributed by atoms with Gasteiger partial charge in [-0.25, -0.2) is 12.8 Å². The zero-order valence-corrected chi connectivity index (χ0v) is 12.3. The summed E-state index contributed by atoms with van der Waals surface area (Å²) < 4.78 is 40.4. The normalized spacial score (nSPS) is 11.4. The van der Waals surface area contributed by atoms with Gasteiger partial charge in [0.1, 0.15) is 10.7 Å². The van der Waals surface area contributed by atoms with E-state index in [9.17, 15) is 12.8 Å². The van der Waals surface area contributed by atoms with E-state index in [2.05, 4.69) is 0 Å². The molecule has 0 aliphatic rings. The van der Waals surface area contributed by atoms with Crippen LogP contribution < -0.4 is 4.31 Å². The number of aliphatic hydroxyl groups excluding tert-OH is 1. The summed E-state index contributed by atoms with van der Waals surface area (Å²) in [7, 11) is -3.98. The number of anilines is 1. The minimum Gasteiger partial charge on any atom is -0.392 e. The Kier molecular flexibility index (Phi) is 4.59. The van der Waals surface area contributed by atoms with E-state index in [0.717, 1.165) is 10.4 Å². The van der Waals surface area contributed by atoms with E-state index in [1.807, 2.05) is 0 Å². The van der Waals surface area contributed by atoms with Crippen molar-refractivity contribution in [2.75, 3.05) is 10.8 Å². The average Bonchev–Trinajstić information content (AvgIpc) is 2.48. The van der Waals surface area contributed by atoms with Crippen molar-refractivity contribution in [1.82, 2.24) is 0 Å². The number of halogens is 1. The molecule has 0 bridgehead atoms. The highest BCUT2D eigenvalue weighted by molar-refractivity contribution is 7.92. The number of hydrogen-bond acceptors (Lipinski definition) is 3. The van der Waals surface area contributed by atoms with Crippen molar-refractivity contribution in [3.05, 3.63) is 59.9 Å². The first kappa shape index (κ1) is 15.5. The number of rotatable bonds is 5. The highest BCUT2D eigenvalue weighted by Crippen LogP contribution is 2.25. The lowest BCUT2D eigenvalue weighted by atomic mass is 10.2. The highest BCUT2D eigenvalue weighted by Gasteiger charge is 2.26. The van der Waals surface area contributed by atoms with Crippen molar-refractivity contribution in [3.63, 3.8) is 0 Å². The summed E-state index contributed by atoms with van der Waals surface area (Å²) in [6.45, 7) is 1.53. The Morgan fingerprint density at radius 1 is 1.14 bits per heavy atom. The SMILES string of the molecule is CCN(c1ccccc1)S(=O)(=O)c1ccc(CO)cc1F. The van der Waals surface area contributed by atoms with E-state index in [0.29, 0.717) is 11.3 Å². The molecule has 1 N–H and O–H groups in total. The summed E-state index contributed by atoms with van der Waals surface area (Å²) in [4.78, 5) is -0.398. The van der Waals surface area contributed by atoms with Gasteiger partial charge in [-0.3, -0.25) is 4.31 Å². The molecule has 0 spiro atoms. The number of hydrogen-bond donors (Lipinski definition) is 1. The molecular formula is C15H16FNO3S. The maximum atomic E-state index is 14.0. The lowest BCUT2D eigenvalue weighted by Gasteiger charge is -2.23. The van der Waals surface area contributed by atoms with Crippen molar-refractivity contribution in [2.45, 2.75) is 18.4 Å². The van der Waals surface area contributed by atoms with E-state index in [-0.39, 0.29) is 13.2 Å².